The summed E-state index contributed by atoms with van der Waals surface area (Å²) in [5, 5.41) is 1.84. The van der Waals surface area contributed by atoms with Gasteiger partial charge in [0.05, 0.1) is 17.4 Å². The van der Waals surface area contributed by atoms with Crippen LogP contribution in [0, 0.1) is 0 Å². The van der Waals surface area contributed by atoms with E-state index < -0.39 is 0 Å². The van der Waals surface area contributed by atoms with Gasteiger partial charge in [0.1, 0.15) is 11.4 Å². The van der Waals surface area contributed by atoms with Crippen LogP contribution in [0.5, 0.6) is 0 Å². The van der Waals surface area contributed by atoms with Gasteiger partial charge in [-0.05, 0) is 36.4 Å². The molecule has 0 atom stereocenters. The van der Waals surface area contributed by atoms with Crippen LogP contribution in [-0.4, -0.2) is 27.8 Å². The molecule has 1 N–H and O–H groups in total. The van der Waals surface area contributed by atoms with E-state index in [1.54, 1.807) is 49.5 Å². The lowest BCUT2D eigenvalue weighted by molar-refractivity contribution is 0.0752. The van der Waals surface area contributed by atoms with Gasteiger partial charge in [-0.25, -0.2) is 4.98 Å². The van der Waals surface area contributed by atoms with Gasteiger partial charge in [-0.3, -0.25) is 9.59 Å². The average molecular weight is 368 g/mol. The van der Waals surface area contributed by atoms with Crippen LogP contribution >= 0.6 is 11.6 Å². The van der Waals surface area contributed by atoms with Crippen molar-refractivity contribution in [1.29, 1.82) is 0 Å². The van der Waals surface area contributed by atoms with Gasteiger partial charge in [-0.2, -0.15) is 0 Å². The Bertz CT molecular complexity index is 1200. The minimum absolute atomic E-state index is 0.150. The monoisotopic (exact) mass is 367 g/mol. The van der Waals surface area contributed by atoms with E-state index in [-0.39, 0.29) is 23.8 Å². The van der Waals surface area contributed by atoms with E-state index in [0.717, 1.165) is 5.39 Å². The molecule has 0 aliphatic rings. The van der Waals surface area contributed by atoms with E-state index in [2.05, 4.69) is 9.97 Å². The van der Waals surface area contributed by atoms with Gasteiger partial charge in [-0.15, -0.1) is 0 Å². The van der Waals surface area contributed by atoms with Crippen LogP contribution in [0.2, 0.25) is 5.02 Å². The highest BCUT2D eigenvalue weighted by Gasteiger charge is 2.18. The number of fused-ring (bicyclic) bond motifs is 2. The number of amides is 1. The zero-order valence-electron chi connectivity index (χ0n) is 13.8. The number of furan rings is 1. The van der Waals surface area contributed by atoms with E-state index in [4.69, 9.17) is 16.0 Å². The number of halogens is 1. The average Bonchev–Trinajstić information content (AvgIpc) is 3.04. The van der Waals surface area contributed by atoms with Gasteiger partial charge < -0.3 is 14.3 Å². The molecule has 1 amide bonds. The van der Waals surface area contributed by atoms with Crippen molar-refractivity contribution >= 4 is 39.4 Å². The van der Waals surface area contributed by atoms with Crippen LogP contribution in [-0.2, 0) is 6.54 Å². The fourth-order valence-corrected chi connectivity index (χ4v) is 2.99. The fraction of sp³-hybridized carbons (Fsp3) is 0.105. The normalized spacial score (nSPS) is 11.2. The third kappa shape index (κ3) is 2.95. The topological polar surface area (TPSA) is 79.2 Å². The van der Waals surface area contributed by atoms with Crippen molar-refractivity contribution in [2.45, 2.75) is 6.54 Å². The Balaban J connectivity index is 1.61. The lowest BCUT2D eigenvalue weighted by Gasteiger charge is -2.15. The molecule has 26 heavy (non-hydrogen) atoms. The highest BCUT2D eigenvalue weighted by atomic mass is 35.5. The van der Waals surface area contributed by atoms with Crippen molar-refractivity contribution in [2.75, 3.05) is 7.05 Å². The Morgan fingerprint density at radius 2 is 2.04 bits per heavy atom. The second kappa shape index (κ2) is 6.31. The summed E-state index contributed by atoms with van der Waals surface area (Å²) in [5.41, 5.74) is 0.943. The van der Waals surface area contributed by atoms with Gasteiger partial charge >= 0.3 is 0 Å². The summed E-state index contributed by atoms with van der Waals surface area (Å²) >= 11 is 5.96. The number of para-hydroxylation sites is 1. The van der Waals surface area contributed by atoms with Gasteiger partial charge in [0.15, 0.2) is 5.76 Å². The minimum atomic E-state index is -0.312. The number of carbonyl (C=O) groups excluding carboxylic acids is 1. The Kier molecular flexibility index (Phi) is 3.97. The predicted octanol–water partition coefficient (Wildman–Crippen LogP) is 3.59. The van der Waals surface area contributed by atoms with E-state index >= 15 is 0 Å². The number of aromatic amines is 1. The summed E-state index contributed by atoms with van der Waals surface area (Å²) in [6, 6.07) is 13.9. The van der Waals surface area contributed by atoms with Crippen LogP contribution in [0.3, 0.4) is 0 Å². The third-order valence-corrected chi connectivity index (χ3v) is 4.32. The zero-order valence-corrected chi connectivity index (χ0v) is 14.6. The van der Waals surface area contributed by atoms with Crippen molar-refractivity contribution in [3.63, 3.8) is 0 Å². The molecule has 2 aromatic heterocycles. The SMILES string of the molecule is CN(Cc1nc2ccccc2c(=O)[nH]1)C(=O)c1cc2cc(Cl)ccc2o1. The quantitative estimate of drug-likeness (QED) is 0.600. The van der Waals surface area contributed by atoms with Crippen LogP contribution in [0.1, 0.15) is 16.4 Å². The molecule has 0 unspecified atom stereocenters. The van der Waals surface area contributed by atoms with Crippen LogP contribution in [0.25, 0.3) is 21.9 Å². The zero-order chi connectivity index (χ0) is 18.3. The molecule has 0 fully saturated rings. The molecule has 0 spiro atoms. The number of H-pyrrole nitrogens is 1. The third-order valence-electron chi connectivity index (χ3n) is 4.08. The summed E-state index contributed by atoms with van der Waals surface area (Å²) in [4.78, 5) is 33.3. The number of nitrogens with zero attached hydrogens (tertiary/aromatic N) is 2. The lowest BCUT2D eigenvalue weighted by atomic mass is 10.2. The molecule has 0 aliphatic carbocycles. The number of benzene rings is 2. The van der Waals surface area contributed by atoms with E-state index in [1.165, 1.54) is 4.90 Å². The van der Waals surface area contributed by atoms with E-state index in [1.807, 2.05) is 6.07 Å². The Labute approximate surface area is 153 Å². The van der Waals surface area contributed by atoms with Crippen molar-refractivity contribution < 1.29 is 9.21 Å². The van der Waals surface area contributed by atoms with Crippen LogP contribution in [0.4, 0.5) is 0 Å². The number of nitrogens with one attached hydrogen (secondary N) is 1. The maximum Gasteiger partial charge on any atom is 0.289 e. The molecule has 4 rings (SSSR count). The van der Waals surface area contributed by atoms with Gasteiger partial charge in [0.25, 0.3) is 11.5 Å². The minimum Gasteiger partial charge on any atom is -0.451 e. The van der Waals surface area contributed by atoms with E-state index in [0.29, 0.717) is 27.3 Å². The number of rotatable bonds is 3. The first-order chi connectivity index (χ1) is 12.5. The molecule has 0 saturated heterocycles. The Morgan fingerprint density at radius 3 is 2.88 bits per heavy atom. The molecule has 4 aromatic rings. The van der Waals surface area contributed by atoms with Crippen LogP contribution in [0.15, 0.2) is 57.7 Å². The molecule has 2 aromatic carbocycles. The van der Waals surface area contributed by atoms with Crippen molar-refractivity contribution in [3.05, 3.63) is 75.5 Å². The molecule has 130 valence electrons. The molecular formula is C19H14ClN3O3. The lowest BCUT2D eigenvalue weighted by Crippen LogP contribution is -2.28. The second-order valence-corrected chi connectivity index (χ2v) is 6.42. The number of carbonyl (C=O) groups is 1. The first-order valence-corrected chi connectivity index (χ1v) is 8.31. The molecule has 0 bridgehead atoms. The first-order valence-electron chi connectivity index (χ1n) is 7.94. The number of aromatic nitrogens is 2. The summed E-state index contributed by atoms with van der Waals surface area (Å²) in [6.07, 6.45) is 0. The fourth-order valence-electron chi connectivity index (χ4n) is 2.81. The summed E-state index contributed by atoms with van der Waals surface area (Å²) in [5.74, 6) is 0.296. The molecular weight excluding hydrogens is 354 g/mol. The maximum atomic E-state index is 12.6. The molecule has 6 nitrogen and oxygen atoms in total. The van der Waals surface area contributed by atoms with Gasteiger partial charge in [0, 0.05) is 17.5 Å². The maximum absolute atomic E-state index is 12.6. The summed E-state index contributed by atoms with van der Waals surface area (Å²) < 4.78 is 5.60. The highest BCUT2D eigenvalue weighted by molar-refractivity contribution is 6.31. The molecule has 2 heterocycles. The standard InChI is InChI=1S/C19H14ClN3O3/c1-23(10-17-21-14-5-3-2-4-13(14)18(24)22-17)19(25)16-9-11-8-12(20)6-7-15(11)26-16/h2-9H,10H2,1H3,(H,21,22,24). The van der Waals surface area contributed by atoms with Crippen LogP contribution < -0.4 is 5.56 Å². The highest BCUT2D eigenvalue weighted by Crippen LogP contribution is 2.24. The van der Waals surface area contributed by atoms with Crippen molar-refractivity contribution in [3.8, 4) is 0 Å². The number of hydrogen-bond acceptors (Lipinski definition) is 4. The predicted molar refractivity (Wildman–Crippen MR) is 99.4 cm³/mol. The first kappa shape index (κ1) is 16.4. The van der Waals surface area contributed by atoms with E-state index in [9.17, 15) is 9.59 Å². The summed E-state index contributed by atoms with van der Waals surface area (Å²) in [6.45, 7) is 0.150. The Morgan fingerprint density at radius 1 is 1.23 bits per heavy atom. The summed E-state index contributed by atoms with van der Waals surface area (Å²) in [7, 11) is 1.62. The number of hydrogen-bond donors (Lipinski definition) is 1. The smallest absolute Gasteiger partial charge is 0.289 e. The van der Waals surface area contributed by atoms with Crippen molar-refractivity contribution in [2.24, 2.45) is 0 Å². The Hall–Kier alpha value is -3.12. The largest absolute Gasteiger partial charge is 0.451 e. The molecule has 7 heteroatoms. The van der Waals surface area contributed by atoms with Gasteiger partial charge in [0.2, 0.25) is 0 Å². The van der Waals surface area contributed by atoms with Crippen molar-refractivity contribution in [1.82, 2.24) is 14.9 Å². The van der Waals surface area contributed by atoms with Gasteiger partial charge in [-0.1, -0.05) is 23.7 Å². The molecule has 0 radical (unpaired) electrons. The molecule has 0 aliphatic heterocycles. The second-order valence-electron chi connectivity index (χ2n) is 5.98. The molecule has 0 saturated carbocycles.